The summed E-state index contributed by atoms with van der Waals surface area (Å²) in [7, 11) is 0. The summed E-state index contributed by atoms with van der Waals surface area (Å²) in [6.45, 7) is 10.6. The molecule has 6 nitrogen and oxygen atoms in total. The highest BCUT2D eigenvalue weighted by atomic mass is 16.5. The zero-order valence-electron chi connectivity index (χ0n) is 15.9. The van der Waals surface area contributed by atoms with Gasteiger partial charge in [0, 0.05) is 19.6 Å². The Hall–Kier alpha value is -2.34. The Bertz CT molecular complexity index is 727. The fourth-order valence-electron chi connectivity index (χ4n) is 3.64. The van der Waals surface area contributed by atoms with Crippen molar-refractivity contribution in [3.05, 3.63) is 41.7 Å². The minimum Gasteiger partial charge on any atom is -0.492 e. The Balaban J connectivity index is 1.48. The maximum atomic E-state index is 5.90. The number of hydrogen-bond donors (Lipinski definition) is 1. The number of imidazole rings is 1. The first-order valence-corrected chi connectivity index (χ1v) is 9.30. The van der Waals surface area contributed by atoms with Crippen molar-refractivity contribution in [2.45, 2.75) is 27.2 Å². The number of aromatic nitrogens is 2. The molecule has 2 aromatic rings. The first-order chi connectivity index (χ1) is 12.5. The highest BCUT2D eigenvalue weighted by molar-refractivity contribution is 5.79. The molecule has 1 aliphatic rings. The van der Waals surface area contributed by atoms with E-state index in [1.165, 1.54) is 19.5 Å². The molecule has 1 aromatic heterocycles. The van der Waals surface area contributed by atoms with Crippen LogP contribution in [0.4, 0.5) is 5.95 Å². The van der Waals surface area contributed by atoms with Gasteiger partial charge in [0.1, 0.15) is 12.4 Å². The number of aryl methyl sites for hydroxylation is 1. The van der Waals surface area contributed by atoms with Gasteiger partial charge in [-0.05, 0) is 55.0 Å². The van der Waals surface area contributed by atoms with Gasteiger partial charge in [-0.2, -0.15) is 5.10 Å². The summed E-state index contributed by atoms with van der Waals surface area (Å²) in [5.41, 5.74) is 7.61. The second-order valence-electron chi connectivity index (χ2n) is 7.45. The summed E-state index contributed by atoms with van der Waals surface area (Å²) in [6, 6.07) is 7.93. The Morgan fingerprint density at radius 2 is 1.92 bits per heavy atom. The van der Waals surface area contributed by atoms with Gasteiger partial charge in [0.25, 0.3) is 0 Å². The predicted octanol–water partition coefficient (Wildman–Crippen LogP) is 3.01. The van der Waals surface area contributed by atoms with E-state index >= 15 is 0 Å². The van der Waals surface area contributed by atoms with Crippen molar-refractivity contribution in [1.29, 1.82) is 0 Å². The summed E-state index contributed by atoms with van der Waals surface area (Å²) >= 11 is 0. The molecule has 2 atom stereocenters. The van der Waals surface area contributed by atoms with Crippen LogP contribution in [0.25, 0.3) is 0 Å². The summed E-state index contributed by atoms with van der Waals surface area (Å²) in [4.78, 5) is 6.63. The van der Waals surface area contributed by atoms with Crippen LogP contribution >= 0.6 is 0 Å². The largest absolute Gasteiger partial charge is 0.492 e. The molecule has 2 unspecified atom stereocenters. The molecule has 1 fully saturated rings. The number of likely N-dealkylation sites (tertiary alicyclic amines) is 1. The SMILES string of the molecule is Cc1cn(N=Cc2ccc(OCCN3CC(C)CC(C)C3)cc2)c(N)n1. The van der Waals surface area contributed by atoms with Crippen LogP contribution in [0.1, 0.15) is 31.5 Å². The van der Waals surface area contributed by atoms with Gasteiger partial charge in [-0.1, -0.05) is 13.8 Å². The molecule has 0 amide bonds. The molecule has 0 spiro atoms. The van der Waals surface area contributed by atoms with E-state index in [-0.39, 0.29) is 0 Å². The summed E-state index contributed by atoms with van der Waals surface area (Å²) in [6.07, 6.45) is 4.90. The maximum Gasteiger partial charge on any atom is 0.221 e. The number of nitrogen functional groups attached to an aromatic ring is 1. The van der Waals surface area contributed by atoms with E-state index in [0.29, 0.717) is 5.95 Å². The number of piperidine rings is 1. The van der Waals surface area contributed by atoms with Crippen molar-refractivity contribution >= 4 is 12.2 Å². The molecule has 26 heavy (non-hydrogen) atoms. The first-order valence-electron chi connectivity index (χ1n) is 9.30. The Morgan fingerprint density at radius 3 is 2.54 bits per heavy atom. The number of ether oxygens (including phenoxy) is 1. The average molecular weight is 355 g/mol. The van der Waals surface area contributed by atoms with Gasteiger partial charge >= 0.3 is 0 Å². The number of rotatable bonds is 6. The summed E-state index contributed by atoms with van der Waals surface area (Å²) in [5.74, 6) is 2.84. The van der Waals surface area contributed by atoms with E-state index in [0.717, 1.165) is 42.0 Å². The number of anilines is 1. The summed E-state index contributed by atoms with van der Waals surface area (Å²) in [5, 5.41) is 4.32. The third kappa shape index (κ3) is 5.08. The van der Waals surface area contributed by atoms with E-state index in [2.05, 4.69) is 28.8 Å². The van der Waals surface area contributed by atoms with Crippen LogP contribution in [0.5, 0.6) is 5.75 Å². The van der Waals surface area contributed by atoms with E-state index in [4.69, 9.17) is 10.5 Å². The second kappa shape index (κ2) is 8.36. The topological polar surface area (TPSA) is 68.7 Å². The zero-order chi connectivity index (χ0) is 18.5. The average Bonchev–Trinajstić information content (AvgIpc) is 2.91. The highest BCUT2D eigenvalue weighted by Gasteiger charge is 2.21. The molecule has 1 aliphatic heterocycles. The maximum absolute atomic E-state index is 5.90. The molecule has 3 rings (SSSR count). The van der Waals surface area contributed by atoms with Crippen molar-refractivity contribution in [3.63, 3.8) is 0 Å². The normalized spacial score (nSPS) is 21.3. The predicted molar refractivity (Wildman–Crippen MR) is 106 cm³/mol. The molecule has 1 saturated heterocycles. The van der Waals surface area contributed by atoms with Crippen LogP contribution in [0.15, 0.2) is 35.6 Å². The molecular formula is C20H29N5O. The number of hydrogen-bond acceptors (Lipinski definition) is 5. The van der Waals surface area contributed by atoms with Crippen LogP contribution in [0, 0.1) is 18.8 Å². The van der Waals surface area contributed by atoms with Gasteiger partial charge < -0.3 is 10.5 Å². The van der Waals surface area contributed by atoms with E-state index < -0.39 is 0 Å². The molecule has 0 aliphatic carbocycles. The minimum absolute atomic E-state index is 0.389. The van der Waals surface area contributed by atoms with Crippen molar-refractivity contribution in [2.75, 3.05) is 32.0 Å². The third-order valence-electron chi connectivity index (χ3n) is 4.67. The molecule has 6 heteroatoms. The van der Waals surface area contributed by atoms with Crippen molar-refractivity contribution in [3.8, 4) is 5.75 Å². The molecule has 0 radical (unpaired) electrons. The van der Waals surface area contributed by atoms with E-state index in [1.54, 1.807) is 17.1 Å². The van der Waals surface area contributed by atoms with E-state index in [9.17, 15) is 0 Å². The smallest absolute Gasteiger partial charge is 0.221 e. The van der Waals surface area contributed by atoms with Crippen molar-refractivity contribution < 1.29 is 4.74 Å². The molecular weight excluding hydrogens is 326 g/mol. The Labute approximate surface area is 155 Å². The standard InChI is InChI=1S/C20H29N5O/c1-15-10-16(2)13-24(12-15)8-9-26-19-6-4-18(5-7-19)11-22-25-14-17(3)23-20(25)21/h4-7,11,14-16H,8-10,12-13H2,1-3H3,(H2,21,23). The fourth-order valence-corrected chi connectivity index (χ4v) is 3.64. The van der Waals surface area contributed by atoms with Crippen molar-refractivity contribution in [2.24, 2.45) is 16.9 Å². The molecule has 2 heterocycles. The van der Waals surface area contributed by atoms with Crippen LogP contribution in [0.2, 0.25) is 0 Å². The lowest BCUT2D eigenvalue weighted by atomic mass is 9.92. The molecule has 140 valence electrons. The van der Waals surface area contributed by atoms with Gasteiger partial charge in [-0.3, -0.25) is 4.90 Å². The first kappa shape index (κ1) is 18.5. The highest BCUT2D eigenvalue weighted by Crippen LogP contribution is 2.20. The number of nitrogens with zero attached hydrogens (tertiary/aromatic N) is 4. The number of benzene rings is 1. The fraction of sp³-hybridized carbons (Fsp3) is 0.500. The van der Waals surface area contributed by atoms with Crippen LogP contribution in [-0.4, -0.2) is 47.0 Å². The van der Waals surface area contributed by atoms with Gasteiger partial charge in [0.15, 0.2) is 0 Å². The van der Waals surface area contributed by atoms with Gasteiger partial charge in [0.2, 0.25) is 5.95 Å². The number of nitrogens with two attached hydrogens (primary N) is 1. The molecule has 0 bridgehead atoms. The zero-order valence-corrected chi connectivity index (χ0v) is 15.9. The monoisotopic (exact) mass is 355 g/mol. The van der Waals surface area contributed by atoms with Gasteiger partial charge in [0.05, 0.1) is 18.1 Å². The van der Waals surface area contributed by atoms with Crippen LogP contribution in [-0.2, 0) is 0 Å². The Kier molecular flexibility index (Phi) is 5.93. The summed E-state index contributed by atoms with van der Waals surface area (Å²) < 4.78 is 7.47. The lowest BCUT2D eigenvalue weighted by molar-refractivity contribution is 0.120. The van der Waals surface area contributed by atoms with Gasteiger partial charge in [-0.25, -0.2) is 9.66 Å². The van der Waals surface area contributed by atoms with Gasteiger partial charge in [-0.15, -0.1) is 0 Å². The molecule has 1 aromatic carbocycles. The van der Waals surface area contributed by atoms with E-state index in [1.807, 2.05) is 31.2 Å². The molecule has 2 N–H and O–H groups in total. The molecule has 0 saturated carbocycles. The third-order valence-corrected chi connectivity index (χ3v) is 4.67. The lowest BCUT2D eigenvalue weighted by Gasteiger charge is -2.34. The van der Waals surface area contributed by atoms with Crippen molar-refractivity contribution in [1.82, 2.24) is 14.6 Å². The quantitative estimate of drug-likeness (QED) is 0.809. The Morgan fingerprint density at radius 1 is 1.23 bits per heavy atom. The minimum atomic E-state index is 0.389. The lowest BCUT2D eigenvalue weighted by Crippen LogP contribution is -2.40. The van der Waals surface area contributed by atoms with Crippen LogP contribution < -0.4 is 10.5 Å². The second-order valence-corrected chi connectivity index (χ2v) is 7.45. The van der Waals surface area contributed by atoms with Crippen LogP contribution in [0.3, 0.4) is 0 Å².